The SMILES string of the molecule is NC(N)=NN=C(N)NC(=O)C=Cc1cccc([N+](=O)[O-])c1. The molecule has 0 bridgehead atoms. The molecule has 0 unspecified atom stereocenters. The summed E-state index contributed by atoms with van der Waals surface area (Å²) < 4.78 is 0. The number of nitrogens with zero attached hydrogens (tertiary/aromatic N) is 3. The van der Waals surface area contributed by atoms with Gasteiger partial charge in [-0.2, -0.15) is 0 Å². The number of benzene rings is 1. The Morgan fingerprint density at radius 2 is 2.00 bits per heavy atom. The standard InChI is InChI=1S/C11H13N7O3/c12-10(13)16-17-11(14)15-9(19)5-4-7-2-1-3-8(6-7)18(20)21/h1-6H,(H4,12,13,16)(H3,14,15,17,19). The van der Waals surface area contributed by atoms with E-state index in [2.05, 4.69) is 15.5 Å². The van der Waals surface area contributed by atoms with Crippen LogP contribution in [-0.2, 0) is 4.79 Å². The lowest BCUT2D eigenvalue weighted by molar-refractivity contribution is -0.384. The number of amides is 1. The second-order valence-corrected chi connectivity index (χ2v) is 3.68. The van der Waals surface area contributed by atoms with Gasteiger partial charge in [-0.25, -0.2) is 0 Å². The molecule has 0 fully saturated rings. The summed E-state index contributed by atoms with van der Waals surface area (Å²) in [6.45, 7) is 0. The van der Waals surface area contributed by atoms with Crippen molar-refractivity contribution in [2.75, 3.05) is 0 Å². The van der Waals surface area contributed by atoms with Gasteiger partial charge in [-0.05, 0) is 11.6 Å². The normalized spacial score (nSPS) is 11.1. The third-order valence-corrected chi connectivity index (χ3v) is 2.03. The number of nitrogens with two attached hydrogens (primary N) is 3. The van der Waals surface area contributed by atoms with Crippen LogP contribution in [0.1, 0.15) is 5.56 Å². The summed E-state index contributed by atoms with van der Waals surface area (Å²) in [6, 6.07) is 5.77. The van der Waals surface area contributed by atoms with Crippen LogP contribution in [0.15, 0.2) is 40.5 Å². The van der Waals surface area contributed by atoms with Crippen molar-refractivity contribution in [3.63, 3.8) is 0 Å². The average molecular weight is 291 g/mol. The minimum atomic E-state index is -0.589. The number of nitro benzene ring substituents is 1. The fraction of sp³-hybridized carbons (Fsp3) is 0. The molecule has 1 aromatic carbocycles. The number of carbonyl (C=O) groups is 1. The van der Waals surface area contributed by atoms with Crippen molar-refractivity contribution in [3.05, 3.63) is 46.0 Å². The molecule has 7 N–H and O–H groups in total. The van der Waals surface area contributed by atoms with Gasteiger partial charge in [-0.1, -0.05) is 12.1 Å². The fourth-order valence-corrected chi connectivity index (χ4v) is 1.22. The lowest BCUT2D eigenvalue weighted by Gasteiger charge is -1.98. The zero-order valence-corrected chi connectivity index (χ0v) is 10.8. The fourth-order valence-electron chi connectivity index (χ4n) is 1.22. The van der Waals surface area contributed by atoms with Crippen molar-refractivity contribution < 1.29 is 9.72 Å². The van der Waals surface area contributed by atoms with Gasteiger partial charge in [0.05, 0.1) is 4.92 Å². The van der Waals surface area contributed by atoms with Crippen molar-refractivity contribution in [1.29, 1.82) is 0 Å². The molecule has 10 heteroatoms. The van der Waals surface area contributed by atoms with E-state index < -0.39 is 10.8 Å². The van der Waals surface area contributed by atoms with Gasteiger partial charge >= 0.3 is 0 Å². The number of nitro groups is 1. The molecule has 110 valence electrons. The first-order chi connectivity index (χ1) is 9.88. The Hall–Kier alpha value is -3.43. The number of rotatable bonds is 4. The lowest BCUT2D eigenvalue weighted by atomic mass is 10.2. The molecule has 10 nitrogen and oxygen atoms in total. The van der Waals surface area contributed by atoms with Gasteiger partial charge in [0.2, 0.25) is 11.9 Å². The minimum Gasteiger partial charge on any atom is -0.369 e. The molecule has 0 saturated heterocycles. The van der Waals surface area contributed by atoms with Crippen molar-refractivity contribution in [1.82, 2.24) is 5.32 Å². The Balaban J connectivity index is 2.70. The van der Waals surface area contributed by atoms with E-state index in [0.717, 1.165) is 6.08 Å². The molecule has 0 aromatic heterocycles. The largest absolute Gasteiger partial charge is 0.369 e. The smallest absolute Gasteiger partial charge is 0.270 e. The predicted molar refractivity (Wildman–Crippen MR) is 77.7 cm³/mol. The molecule has 0 heterocycles. The van der Waals surface area contributed by atoms with Gasteiger partial charge in [0.25, 0.3) is 11.6 Å². The number of non-ortho nitro benzene ring substituents is 1. The first-order valence-corrected chi connectivity index (χ1v) is 5.54. The van der Waals surface area contributed by atoms with E-state index in [4.69, 9.17) is 17.2 Å². The zero-order chi connectivity index (χ0) is 15.8. The summed E-state index contributed by atoms with van der Waals surface area (Å²) in [7, 11) is 0. The summed E-state index contributed by atoms with van der Waals surface area (Å²) in [6.07, 6.45) is 2.52. The third kappa shape index (κ3) is 5.83. The van der Waals surface area contributed by atoms with Gasteiger partial charge in [-0.15, -0.1) is 10.2 Å². The summed E-state index contributed by atoms with van der Waals surface area (Å²) >= 11 is 0. The number of carbonyl (C=O) groups excluding carboxylic acids is 1. The summed E-state index contributed by atoms with van der Waals surface area (Å²) in [4.78, 5) is 21.6. The van der Waals surface area contributed by atoms with Crippen LogP contribution in [0.3, 0.4) is 0 Å². The number of nitrogens with one attached hydrogen (secondary N) is 1. The number of hydrogen-bond donors (Lipinski definition) is 4. The molecule has 1 amide bonds. The molecule has 0 saturated carbocycles. The monoisotopic (exact) mass is 291 g/mol. The molecular formula is C11H13N7O3. The average Bonchev–Trinajstić information content (AvgIpc) is 2.43. The maximum absolute atomic E-state index is 11.5. The van der Waals surface area contributed by atoms with Crippen LogP contribution >= 0.6 is 0 Å². The Labute approximate surface area is 119 Å². The second-order valence-electron chi connectivity index (χ2n) is 3.68. The maximum Gasteiger partial charge on any atom is 0.270 e. The van der Waals surface area contributed by atoms with Crippen LogP contribution in [0.4, 0.5) is 5.69 Å². The van der Waals surface area contributed by atoms with Crippen LogP contribution in [0.5, 0.6) is 0 Å². The second kappa shape index (κ2) is 7.23. The quantitative estimate of drug-likeness (QED) is 0.186. The highest BCUT2D eigenvalue weighted by Gasteiger charge is 2.04. The molecule has 0 aliphatic rings. The Morgan fingerprint density at radius 1 is 1.29 bits per heavy atom. The van der Waals surface area contributed by atoms with Crippen molar-refractivity contribution in [2.24, 2.45) is 27.4 Å². The summed E-state index contributed by atoms with van der Waals surface area (Å²) in [5.74, 6) is -1.19. The first kappa shape index (κ1) is 15.6. The van der Waals surface area contributed by atoms with Crippen LogP contribution in [0, 0.1) is 10.1 Å². The van der Waals surface area contributed by atoms with E-state index in [1.165, 1.54) is 24.3 Å². The summed E-state index contributed by atoms with van der Waals surface area (Å²) in [5, 5.41) is 19.4. The topological polar surface area (TPSA) is 175 Å². The molecule has 0 spiro atoms. The van der Waals surface area contributed by atoms with E-state index >= 15 is 0 Å². The highest BCUT2D eigenvalue weighted by Crippen LogP contribution is 2.13. The van der Waals surface area contributed by atoms with Gasteiger partial charge in [0, 0.05) is 18.2 Å². The molecule has 0 aliphatic carbocycles. The van der Waals surface area contributed by atoms with Gasteiger partial charge in [0.1, 0.15) is 0 Å². The van der Waals surface area contributed by atoms with Crippen LogP contribution in [0.2, 0.25) is 0 Å². The Kier molecular flexibility index (Phi) is 5.38. The predicted octanol–water partition coefficient (Wildman–Crippen LogP) is -0.773. The van der Waals surface area contributed by atoms with Crippen molar-refractivity contribution in [2.45, 2.75) is 0 Å². The third-order valence-electron chi connectivity index (χ3n) is 2.03. The van der Waals surface area contributed by atoms with Crippen molar-refractivity contribution in [3.8, 4) is 0 Å². The van der Waals surface area contributed by atoms with E-state index in [1.807, 2.05) is 0 Å². The van der Waals surface area contributed by atoms with Crippen LogP contribution < -0.4 is 22.5 Å². The zero-order valence-electron chi connectivity index (χ0n) is 10.8. The molecule has 0 radical (unpaired) electrons. The first-order valence-electron chi connectivity index (χ1n) is 5.54. The van der Waals surface area contributed by atoms with E-state index in [0.29, 0.717) is 5.56 Å². The van der Waals surface area contributed by atoms with Crippen LogP contribution in [0.25, 0.3) is 6.08 Å². The molecule has 0 atom stereocenters. The van der Waals surface area contributed by atoms with E-state index in [9.17, 15) is 14.9 Å². The molecular weight excluding hydrogens is 278 g/mol. The van der Waals surface area contributed by atoms with E-state index in [1.54, 1.807) is 6.07 Å². The van der Waals surface area contributed by atoms with Gasteiger partial charge in [-0.3, -0.25) is 20.2 Å². The lowest BCUT2D eigenvalue weighted by Crippen LogP contribution is -2.35. The van der Waals surface area contributed by atoms with Crippen molar-refractivity contribution >= 4 is 29.6 Å². The highest BCUT2D eigenvalue weighted by atomic mass is 16.6. The highest BCUT2D eigenvalue weighted by molar-refractivity contribution is 6.03. The molecule has 1 rings (SSSR count). The number of guanidine groups is 2. The minimum absolute atomic E-state index is 0.0774. The van der Waals surface area contributed by atoms with Gasteiger partial charge < -0.3 is 17.2 Å². The maximum atomic E-state index is 11.5. The number of hydrogen-bond acceptors (Lipinski definition) is 5. The van der Waals surface area contributed by atoms with E-state index in [-0.39, 0.29) is 17.6 Å². The molecule has 21 heavy (non-hydrogen) atoms. The van der Waals surface area contributed by atoms with Crippen LogP contribution in [-0.4, -0.2) is 22.7 Å². The molecule has 1 aromatic rings. The van der Waals surface area contributed by atoms with Gasteiger partial charge in [0.15, 0.2) is 0 Å². The Bertz CT molecular complexity index is 632. The molecule has 0 aliphatic heterocycles. The summed E-state index contributed by atoms with van der Waals surface area (Å²) in [5.41, 5.74) is 15.8. The Morgan fingerprint density at radius 3 is 2.62 bits per heavy atom.